The van der Waals surface area contributed by atoms with Gasteiger partial charge in [-0.1, -0.05) is 13.8 Å². The van der Waals surface area contributed by atoms with E-state index < -0.39 is 15.3 Å². The van der Waals surface area contributed by atoms with Crippen LogP contribution in [0.2, 0.25) is 0 Å². The van der Waals surface area contributed by atoms with Gasteiger partial charge in [-0.3, -0.25) is 13.9 Å². The van der Waals surface area contributed by atoms with Gasteiger partial charge in [-0.15, -0.1) is 0 Å². The Hall–Kier alpha value is -0.430. The van der Waals surface area contributed by atoms with Crippen LogP contribution >= 0.6 is 0 Å². The Morgan fingerprint density at radius 1 is 1.03 bits per heavy atom. The van der Waals surface area contributed by atoms with Crippen LogP contribution in [0.15, 0.2) is 0 Å². The molecule has 6 heteroatoms. The van der Waals surface area contributed by atoms with E-state index in [2.05, 4.69) is 31.5 Å². The molecule has 4 saturated carbocycles. The molecule has 194 valence electrons. The van der Waals surface area contributed by atoms with Crippen molar-refractivity contribution in [2.24, 2.45) is 46.8 Å². The first-order valence-corrected chi connectivity index (χ1v) is 16.0. The molecule has 0 aromatic heterocycles. The molecule has 1 N–H and O–H groups in total. The molecule has 0 radical (unpaired) electrons. The zero-order valence-corrected chi connectivity index (χ0v) is 22.8. The van der Waals surface area contributed by atoms with Gasteiger partial charge in [-0.05, 0) is 105 Å². The summed E-state index contributed by atoms with van der Waals surface area (Å²) >= 11 is 0. The summed E-state index contributed by atoms with van der Waals surface area (Å²) in [4.78, 5) is 15.9. The molecule has 0 aromatic rings. The lowest BCUT2D eigenvalue weighted by Crippen LogP contribution is -2.53. The first kappa shape index (κ1) is 25.2. The van der Waals surface area contributed by atoms with Crippen molar-refractivity contribution in [3.8, 4) is 0 Å². The number of ketones is 1. The second kappa shape index (κ2) is 8.85. The molecule has 34 heavy (non-hydrogen) atoms. The molecular weight excluding hydrogens is 444 g/mol. The quantitative estimate of drug-likeness (QED) is 0.608. The zero-order chi connectivity index (χ0) is 24.5. The first-order chi connectivity index (χ1) is 15.9. The molecule has 0 spiro atoms. The van der Waals surface area contributed by atoms with Gasteiger partial charge in [0.15, 0.2) is 0 Å². The van der Waals surface area contributed by atoms with Gasteiger partial charge in [0.2, 0.25) is 0 Å². The highest BCUT2D eigenvalue weighted by atomic mass is 32.2. The number of carbonyl (C=O) groups excluding carboxylic acids is 1. The summed E-state index contributed by atoms with van der Waals surface area (Å²) in [6, 6.07) is 0. The van der Waals surface area contributed by atoms with Crippen molar-refractivity contribution < 1.29 is 14.1 Å². The second-order valence-corrected chi connectivity index (χ2v) is 15.9. The third-order valence-corrected chi connectivity index (χ3v) is 13.0. The van der Waals surface area contributed by atoms with E-state index >= 15 is 0 Å². The highest BCUT2D eigenvalue weighted by molar-refractivity contribution is 7.97. The SMILES string of the molecule is C=S(C)(=O)N1CCN(CC(=O)[C@H]2CC[C@H]3[C@@H]4CC[C@H]5C[C@](C)(O)[C@H](C)C[C@@H]5[C@H]4CC[C@]23C)CC1. The maximum absolute atomic E-state index is 13.6. The second-order valence-electron chi connectivity index (χ2n) is 13.4. The van der Waals surface area contributed by atoms with Gasteiger partial charge in [-0.25, -0.2) is 4.31 Å². The monoisotopic (exact) mass is 492 g/mol. The summed E-state index contributed by atoms with van der Waals surface area (Å²) in [7, 11) is -2.14. The summed E-state index contributed by atoms with van der Waals surface area (Å²) in [6.45, 7) is 10.5. The van der Waals surface area contributed by atoms with Crippen molar-refractivity contribution in [3.05, 3.63) is 0 Å². The molecule has 5 rings (SSSR count). The maximum atomic E-state index is 13.6. The van der Waals surface area contributed by atoms with Crippen LogP contribution in [0.25, 0.3) is 0 Å². The van der Waals surface area contributed by atoms with Gasteiger partial charge in [0, 0.05) is 48.1 Å². The van der Waals surface area contributed by atoms with Crippen molar-refractivity contribution in [2.75, 3.05) is 39.0 Å². The summed E-state index contributed by atoms with van der Waals surface area (Å²) in [5.41, 5.74) is -0.321. The number of rotatable bonds is 4. The lowest BCUT2D eigenvalue weighted by Gasteiger charge is -2.58. The fourth-order valence-electron chi connectivity index (χ4n) is 9.38. The van der Waals surface area contributed by atoms with Gasteiger partial charge >= 0.3 is 0 Å². The summed E-state index contributed by atoms with van der Waals surface area (Å²) < 4.78 is 14.2. The summed E-state index contributed by atoms with van der Waals surface area (Å²) in [5.74, 6) is 8.66. The third kappa shape index (κ3) is 4.33. The first-order valence-electron chi connectivity index (χ1n) is 13.9. The Labute approximate surface area is 208 Å². The zero-order valence-electron chi connectivity index (χ0n) is 22.0. The Balaban J connectivity index is 1.23. The number of hydrogen-bond acceptors (Lipinski definition) is 4. The van der Waals surface area contributed by atoms with Crippen LogP contribution in [-0.4, -0.2) is 74.8 Å². The highest BCUT2D eigenvalue weighted by Crippen LogP contribution is 2.65. The minimum atomic E-state index is -2.14. The average molecular weight is 493 g/mol. The average Bonchev–Trinajstić information content (AvgIpc) is 3.11. The fourth-order valence-corrected chi connectivity index (χ4v) is 10.3. The smallest absolute Gasteiger partial charge is 0.150 e. The van der Waals surface area contributed by atoms with E-state index in [1.165, 1.54) is 38.5 Å². The lowest BCUT2D eigenvalue weighted by atomic mass is 9.48. The molecule has 5 aliphatic rings. The van der Waals surface area contributed by atoms with E-state index in [0.717, 1.165) is 56.8 Å². The number of Topliss-reactive ketones (excluding diaryl/α,β-unsaturated/α-hetero) is 1. The molecule has 1 saturated heterocycles. The number of nitrogens with zero attached hydrogens (tertiary/aromatic N) is 2. The third-order valence-electron chi connectivity index (χ3n) is 11.5. The van der Waals surface area contributed by atoms with Gasteiger partial charge in [0.05, 0.1) is 12.1 Å². The molecule has 1 heterocycles. The maximum Gasteiger partial charge on any atom is 0.150 e. The standard InChI is InChI=1S/C28H48N2O3S/c1-19-16-23-20(17-28(19,3)32)6-7-22-21(23)10-11-27(2)24(22)8-9-25(27)26(31)18-29-12-14-30(15-13-29)34(4,5)33/h19-25,32H,4,6-18H2,1-3,5H3/t19-,20+,21+,22-,23+,24+,25-,27+,28+,34?/m1/s1. The minimum absolute atomic E-state index is 0.170. The molecule has 0 bridgehead atoms. The number of fused-ring (bicyclic) bond motifs is 5. The largest absolute Gasteiger partial charge is 0.390 e. The van der Waals surface area contributed by atoms with Crippen molar-refractivity contribution >= 4 is 21.4 Å². The Kier molecular flexibility index (Phi) is 6.57. The van der Waals surface area contributed by atoms with E-state index in [9.17, 15) is 14.1 Å². The fraction of sp³-hybridized carbons (Fsp3) is 0.929. The van der Waals surface area contributed by atoms with Gasteiger partial charge < -0.3 is 5.11 Å². The molecule has 1 unspecified atom stereocenters. The van der Waals surface area contributed by atoms with Crippen molar-refractivity contribution in [1.29, 1.82) is 0 Å². The Morgan fingerprint density at radius 2 is 1.74 bits per heavy atom. The number of hydrogen-bond donors (Lipinski definition) is 1. The van der Waals surface area contributed by atoms with E-state index in [0.29, 0.717) is 30.1 Å². The minimum Gasteiger partial charge on any atom is -0.390 e. The van der Waals surface area contributed by atoms with Crippen LogP contribution in [-0.2, 0) is 14.5 Å². The predicted molar refractivity (Wildman–Crippen MR) is 140 cm³/mol. The molecule has 0 aromatic carbocycles. The Bertz CT molecular complexity index is 893. The topological polar surface area (TPSA) is 60.9 Å². The molecule has 0 amide bonds. The van der Waals surface area contributed by atoms with E-state index in [-0.39, 0.29) is 11.3 Å². The molecule has 5 nitrogen and oxygen atoms in total. The van der Waals surface area contributed by atoms with Gasteiger partial charge in [-0.2, -0.15) is 0 Å². The van der Waals surface area contributed by atoms with Gasteiger partial charge in [0.1, 0.15) is 5.78 Å². The van der Waals surface area contributed by atoms with Crippen molar-refractivity contribution in [2.45, 2.75) is 77.7 Å². The molecular formula is C28H48N2O3S. The number of carbonyl (C=O) groups is 1. The highest BCUT2D eigenvalue weighted by Gasteiger charge is 2.59. The molecule has 1 aliphatic heterocycles. The Morgan fingerprint density at radius 3 is 2.41 bits per heavy atom. The van der Waals surface area contributed by atoms with E-state index in [4.69, 9.17) is 0 Å². The van der Waals surface area contributed by atoms with Crippen molar-refractivity contribution in [1.82, 2.24) is 9.21 Å². The molecule has 5 fully saturated rings. The van der Waals surface area contributed by atoms with Crippen LogP contribution in [0.1, 0.15) is 72.1 Å². The summed E-state index contributed by atoms with van der Waals surface area (Å²) in [5, 5.41) is 10.9. The van der Waals surface area contributed by atoms with Gasteiger partial charge in [0.25, 0.3) is 0 Å². The van der Waals surface area contributed by atoms with Crippen LogP contribution in [0.5, 0.6) is 0 Å². The summed E-state index contributed by atoms with van der Waals surface area (Å²) in [6.07, 6.45) is 11.3. The van der Waals surface area contributed by atoms with E-state index in [1.54, 1.807) is 6.26 Å². The number of piperazine rings is 1. The van der Waals surface area contributed by atoms with Crippen LogP contribution in [0.4, 0.5) is 0 Å². The van der Waals surface area contributed by atoms with Crippen molar-refractivity contribution in [3.63, 3.8) is 0 Å². The van der Waals surface area contributed by atoms with Crippen LogP contribution in [0.3, 0.4) is 0 Å². The lowest BCUT2D eigenvalue weighted by molar-refractivity contribution is -0.137. The predicted octanol–water partition coefficient (Wildman–Crippen LogP) is 3.70. The molecule has 10 atom stereocenters. The normalized spacial score (nSPS) is 49.5. The van der Waals surface area contributed by atoms with Crippen LogP contribution in [0, 0.1) is 46.8 Å². The van der Waals surface area contributed by atoms with Crippen LogP contribution < -0.4 is 0 Å². The van der Waals surface area contributed by atoms with E-state index in [1.807, 2.05) is 4.31 Å². The molecule has 4 aliphatic carbocycles. The number of aliphatic hydroxyl groups is 1.